The molecule has 1 heterocycles. The Morgan fingerprint density at radius 3 is 2.76 bits per heavy atom. The number of nitrogens with one attached hydrogen (secondary N) is 1. The summed E-state index contributed by atoms with van der Waals surface area (Å²) in [5, 5.41) is 2.76. The van der Waals surface area contributed by atoms with Crippen LogP contribution in [-0.4, -0.2) is 36.3 Å². The number of halogens is 4. The quantitative estimate of drug-likeness (QED) is 0.612. The molecule has 1 aliphatic rings. The molecule has 0 aromatic heterocycles. The molecule has 0 radical (unpaired) electrons. The van der Waals surface area contributed by atoms with Gasteiger partial charge in [0.25, 0.3) is 0 Å². The van der Waals surface area contributed by atoms with E-state index in [4.69, 9.17) is 11.6 Å². The summed E-state index contributed by atoms with van der Waals surface area (Å²) in [5.74, 6) is -0.299. The third-order valence-electron chi connectivity index (χ3n) is 3.81. The van der Waals surface area contributed by atoms with Crippen LogP contribution in [-0.2, 0) is 15.8 Å². The number of amides is 2. The Morgan fingerprint density at radius 2 is 2.12 bits per heavy atom. The van der Waals surface area contributed by atoms with Crippen molar-refractivity contribution in [2.45, 2.75) is 25.4 Å². The molecule has 0 unspecified atom stereocenters. The van der Waals surface area contributed by atoms with E-state index in [0.29, 0.717) is 25.9 Å². The molecule has 4 nitrogen and oxygen atoms in total. The smallest absolute Gasteiger partial charge is 0.352 e. The molecular formula is C17H18ClF3N2O2. The monoisotopic (exact) mass is 374 g/mol. The van der Waals surface area contributed by atoms with Crippen LogP contribution in [0.4, 0.5) is 13.2 Å². The van der Waals surface area contributed by atoms with E-state index in [1.54, 1.807) is 4.90 Å². The average Bonchev–Trinajstić information content (AvgIpc) is 2.95. The molecule has 1 aromatic rings. The molecule has 136 valence electrons. The summed E-state index contributed by atoms with van der Waals surface area (Å²) in [5.41, 5.74) is -0.707. The van der Waals surface area contributed by atoms with E-state index in [2.05, 4.69) is 5.32 Å². The van der Waals surface area contributed by atoms with Crippen LogP contribution in [0.3, 0.4) is 0 Å². The van der Waals surface area contributed by atoms with Crippen molar-refractivity contribution in [3.8, 4) is 0 Å². The molecule has 2 amide bonds. The zero-order chi connectivity index (χ0) is 18.4. The highest BCUT2D eigenvalue weighted by Crippen LogP contribution is 2.32. The molecule has 0 spiro atoms. The number of nitrogens with zero attached hydrogens (tertiary/aromatic N) is 1. The predicted molar refractivity (Wildman–Crippen MR) is 88.9 cm³/mol. The minimum absolute atomic E-state index is 0.120. The first kappa shape index (κ1) is 19.3. The van der Waals surface area contributed by atoms with Gasteiger partial charge in [0.1, 0.15) is 0 Å². The van der Waals surface area contributed by atoms with Crippen LogP contribution in [0.2, 0.25) is 5.02 Å². The van der Waals surface area contributed by atoms with Crippen molar-refractivity contribution < 1.29 is 22.8 Å². The van der Waals surface area contributed by atoms with Crippen molar-refractivity contribution in [1.82, 2.24) is 10.2 Å². The third-order valence-corrected chi connectivity index (χ3v) is 4.16. The highest BCUT2D eigenvalue weighted by molar-refractivity contribution is 6.32. The molecule has 1 aromatic carbocycles. The first-order chi connectivity index (χ1) is 11.8. The van der Waals surface area contributed by atoms with Crippen LogP contribution in [0, 0.1) is 0 Å². The van der Waals surface area contributed by atoms with Crippen LogP contribution in [0.15, 0.2) is 24.3 Å². The lowest BCUT2D eigenvalue weighted by Crippen LogP contribution is -2.29. The van der Waals surface area contributed by atoms with Crippen molar-refractivity contribution in [2.75, 3.05) is 19.6 Å². The molecular weight excluding hydrogens is 357 g/mol. The number of carbonyl (C=O) groups is 2. The number of alkyl halides is 3. The van der Waals surface area contributed by atoms with Gasteiger partial charge in [0, 0.05) is 37.2 Å². The van der Waals surface area contributed by atoms with Gasteiger partial charge in [-0.05, 0) is 42.7 Å². The zero-order valence-corrected chi connectivity index (χ0v) is 14.2. The van der Waals surface area contributed by atoms with Crippen molar-refractivity contribution in [3.05, 3.63) is 40.4 Å². The highest BCUT2D eigenvalue weighted by atomic mass is 35.5. The van der Waals surface area contributed by atoms with Crippen molar-refractivity contribution in [1.29, 1.82) is 0 Å². The summed E-state index contributed by atoms with van der Waals surface area (Å²) in [7, 11) is 0. The maximum Gasteiger partial charge on any atom is 0.416 e. The van der Waals surface area contributed by atoms with E-state index >= 15 is 0 Å². The van der Waals surface area contributed by atoms with Crippen molar-refractivity contribution in [3.63, 3.8) is 0 Å². The molecule has 0 bridgehead atoms. The Labute approximate surface area is 148 Å². The Hall–Kier alpha value is -2.02. The number of benzene rings is 1. The van der Waals surface area contributed by atoms with Gasteiger partial charge in [-0.2, -0.15) is 13.2 Å². The van der Waals surface area contributed by atoms with Gasteiger partial charge in [0.15, 0.2) is 0 Å². The molecule has 8 heteroatoms. The predicted octanol–water partition coefficient (Wildman–Crippen LogP) is 3.50. The molecule has 1 aliphatic heterocycles. The van der Waals surface area contributed by atoms with E-state index < -0.39 is 17.6 Å². The molecule has 1 saturated heterocycles. The summed E-state index contributed by atoms with van der Waals surface area (Å²) in [4.78, 5) is 24.9. The molecule has 1 N–H and O–H groups in total. The van der Waals surface area contributed by atoms with Gasteiger partial charge >= 0.3 is 6.18 Å². The average molecular weight is 375 g/mol. The van der Waals surface area contributed by atoms with Gasteiger partial charge < -0.3 is 10.2 Å². The second kappa shape index (κ2) is 8.38. The van der Waals surface area contributed by atoms with Gasteiger partial charge in [-0.15, -0.1) is 0 Å². The number of hydrogen-bond donors (Lipinski definition) is 1. The van der Waals surface area contributed by atoms with Crippen LogP contribution >= 0.6 is 11.6 Å². The number of rotatable bonds is 6. The normalized spacial score (nSPS) is 15.2. The minimum Gasteiger partial charge on any atom is -0.352 e. The fourth-order valence-corrected chi connectivity index (χ4v) is 2.67. The first-order valence-corrected chi connectivity index (χ1v) is 8.25. The largest absolute Gasteiger partial charge is 0.416 e. The number of carbonyl (C=O) groups excluding carboxylic acids is 2. The van der Waals surface area contributed by atoms with E-state index in [0.717, 1.165) is 37.2 Å². The second-order valence-corrected chi connectivity index (χ2v) is 6.10. The van der Waals surface area contributed by atoms with Gasteiger partial charge in [-0.25, -0.2) is 0 Å². The lowest BCUT2D eigenvalue weighted by Gasteiger charge is -2.14. The standard InChI is InChI=1S/C17H18ClF3N2O2/c18-14-6-5-13(17(19,20)21)11-12(14)4-7-15(24)22-8-2-10-23-9-1-3-16(23)25/h4-7,11H,1-3,8-10H2,(H,22,24). The lowest BCUT2D eigenvalue weighted by atomic mass is 10.1. The van der Waals surface area contributed by atoms with E-state index in [1.165, 1.54) is 6.08 Å². The molecule has 0 saturated carbocycles. The number of likely N-dealkylation sites (tertiary alicyclic amines) is 1. The maximum absolute atomic E-state index is 12.7. The molecule has 0 atom stereocenters. The second-order valence-electron chi connectivity index (χ2n) is 5.70. The zero-order valence-electron chi connectivity index (χ0n) is 13.4. The van der Waals surface area contributed by atoms with Gasteiger partial charge in [-0.3, -0.25) is 9.59 Å². The van der Waals surface area contributed by atoms with E-state index in [9.17, 15) is 22.8 Å². The summed E-state index contributed by atoms with van der Waals surface area (Å²) in [6.45, 7) is 1.71. The summed E-state index contributed by atoms with van der Waals surface area (Å²) < 4.78 is 38.1. The van der Waals surface area contributed by atoms with Crippen molar-refractivity contribution in [2.24, 2.45) is 0 Å². The minimum atomic E-state index is -4.47. The van der Waals surface area contributed by atoms with Crippen LogP contribution in [0.1, 0.15) is 30.4 Å². The van der Waals surface area contributed by atoms with E-state index in [-0.39, 0.29) is 16.5 Å². The topological polar surface area (TPSA) is 49.4 Å². The van der Waals surface area contributed by atoms with E-state index in [1.807, 2.05) is 0 Å². The Balaban J connectivity index is 1.82. The fourth-order valence-electron chi connectivity index (χ4n) is 2.49. The lowest BCUT2D eigenvalue weighted by molar-refractivity contribution is -0.137. The molecule has 0 aliphatic carbocycles. The SMILES string of the molecule is O=C(C=Cc1cc(C(F)(F)F)ccc1Cl)NCCCN1CCCC1=O. The molecule has 1 fully saturated rings. The summed E-state index contributed by atoms with van der Waals surface area (Å²) in [6, 6.07) is 2.93. The van der Waals surface area contributed by atoms with Crippen LogP contribution < -0.4 is 5.32 Å². The number of hydrogen-bond acceptors (Lipinski definition) is 2. The Morgan fingerprint density at radius 1 is 1.36 bits per heavy atom. The fraction of sp³-hybridized carbons (Fsp3) is 0.412. The van der Waals surface area contributed by atoms with Crippen LogP contribution in [0.5, 0.6) is 0 Å². The third kappa shape index (κ3) is 5.77. The van der Waals surface area contributed by atoms with Gasteiger partial charge in [0.05, 0.1) is 5.56 Å². The highest BCUT2D eigenvalue weighted by Gasteiger charge is 2.30. The van der Waals surface area contributed by atoms with Gasteiger partial charge in [0.2, 0.25) is 11.8 Å². The molecule has 25 heavy (non-hydrogen) atoms. The van der Waals surface area contributed by atoms with Gasteiger partial charge in [-0.1, -0.05) is 11.6 Å². The maximum atomic E-state index is 12.7. The van der Waals surface area contributed by atoms with Crippen molar-refractivity contribution >= 4 is 29.5 Å². The summed E-state index contributed by atoms with van der Waals surface area (Å²) >= 11 is 5.86. The summed E-state index contributed by atoms with van der Waals surface area (Å²) in [6.07, 6.45) is -0.0180. The first-order valence-electron chi connectivity index (χ1n) is 7.88. The Bertz CT molecular complexity index is 674. The Kier molecular flexibility index (Phi) is 6.47. The molecule has 2 rings (SSSR count). The van der Waals surface area contributed by atoms with Crippen LogP contribution in [0.25, 0.3) is 6.08 Å².